The number of rotatable bonds is 57. The smallest absolute Gasteiger partial charge is 0.306 e. The van der Waals surface area contributed by atoms with Crippen molar-refractivity contribution in [2.24, 2.45) is 0 Å². The lowest BCUT2D eigenvalue weighted by molar-refractivity contribution is -0.167. The molecule has 0 aromatic rings. The maximum Gasteiger partial charge on any atom is 0.306 e. The van der Waals surface area contributed by atoms with Crippen LogP contribution in [0.4, 0.5) is 0 Å². The molecule has 0 heterocycles. The maximum absolute atomic E-state index is 12.7. The van der Waals surface area contributed by atoms with Crippen molar-refractivity contribution in [2.45, 2.75) is 341 Å². The topological polar surface area (TPSA) is 78.9 Å². The number of esters is 3. The molecular formula is C64H118O6. The van der Waals surface area contributed by atoms with Gasteiger partial charge < -0.3 is 14.2 Å². The van der Waals surface area contributed by atoms with Crippen molar-refractivity contribution in [2.75, 3.05) is 13.2 Å². The highest BCUT2D eigenvalue weighted by Crippen LogP contribution is 2.17. The molecule has 0 N–H and O–H groups in total. The zero-order valence-electron chi connectivity index (χ0n) is 47.1. The molecule has 0 amide bonds. The minimum atomic E-state index is -0.768. The van der Waals surface area contributed by atoms with Gasteiger partial charge in [0.1, 0.15) is 13.2 Å². The fraction of sp³-hybridized carbons (Fsp3) is 0.859. The van der Waals surface area contributed by atoms with E-state index in [2.05, 4.69) is 57.2 Å². The van der Waals surface area contributed by atoms with Crippen molar-refractivity contribution in [3.8, 4) is 0 Å². The van der Waals surface area contributed by atoms with E-state index in [1.165, 1.54) is 212 Å². The van der Waals surface area contributed by atoms with E-state index in [1.807, 2.05) is 0 Å². The van der Waals surface area contributed by atoms with Gasteiger partial charge in [-0.15, -0.1) is 0 Å². The Morgan fingerprint density at radius 3 is 0.857 bits per heavy atom. The molecule has 0 aliphatic heterocycles. The minimum absolute atomic E-state index is 0.0710. The Hall–Kier alpha value is -2.37. The van der Waals surface area contributed by atoms with E-state index < -0.39 is 6.10 Å². The standard InChI is InChI=1S/C64H118O6/c1-4-7-10-13-16-18-20-21-22-23-24-25-26-27-28-29-30-31-32-33-34-35-36-37-38-39-40-41-42-43-44-46-48-51-54-57-63(66)69-60-61(59-68-62(65)56-53-50-47-15-12-9-6-3)70-64(67)58-55-52-49-45-19-17-14-11-8-5-2/h11,14,20-21,23-24,61H,4-10,12-13,15-19,22,25-60H2,1-3H3/b14-11-,21-20-,24-23-. The highest BCUT2D eigenvalue weighted by Gasteiger charge is 2.19. The van der Waals surface area contributed by atoms with Gasteiger partial charge in [0.15, 0.2) is 6.10 Å². The summed E-state index contributed by atoms with van der Waals surface area (Å²) in [5, 5.41) is 0. The molecule has 0 aliphatic rings. The Morgan fingerprint density at radius 2 is 0.543 bits per heavy atom. The van der Waals surface area contributed by atoms with Gasteiger partial charge in [-0.1, -0.05) is 282 Å². The highest BCUT2D eigenvalue weighted by molar-refractivity contribution is 5.71. The number of carbonyl (C=O) groups excluding carboxylic acids is 3. The van der Waals surface area contributed by atoms with Gasteiger partial charge in [-0.25, -0.2) is 0 Å². The average Bonchev–Trinajstić information content (AvgIpc) is 3.36. The first kappa shape index (κ1) is 67.6. The van der Waals surface area contributed by atoms with E-state index in [0.29, 0.717) is 19.3 Å². The van der Waals surface area contributed by atoms with Crippen LogP contribution in [0.2, 0.25) is 0 Å². The van der Waals surface area contributed by atoms with Crippen LogP contribution in [0.5, 0.6) is 0 Å². The molecule has 0 aliphatic carbocycles. The Bertz CT molecular complexity index is 1170. The van der Waals surface area contributed by atoms with E-state index in [9.17, 15) is 14.4 Å². The SMILES string of the molecule is CCC/C=C\CCCCCCCC(=O)OC(COC(=O)CCCCCCCCC)COC(=O)CCCCCCCCCCCCCCCCCCCCCCCCC/C=C\C/C=C\CCCCCCC. The van der Waals surface area contributed by atoms with Crippen molar-refractivity contribution < 1.29 is 28.6 Å². The molecule has 0 radical (unpaired) electrons. The summed E-state index contributed by atoms with van der Waals surface area (Å²) in [7, 11) is 0. The minimum Gasteiger partial charge on any atom is -0.462 e. The summed E-state index contributed by atoms with van der Waals surface area (Å²) < 4.78 is 16.7. The Morgan fingerprint density at radius 1 is 0.286 bits per heavy atom. The molecule has 1 unspecified atom stereocenters. The largest absolute Gasteiger partial charge is 0.462 e. The molecule has 410 valence electrons. The second kappa shape index (κ2) is 59.2. The summed E-state index contributed by atoms with van der Waals surface area (Å²) in [5.41, 5.74) is 0. The first-order valence-corrected chi connectivity index (χ1v) is 31.0. The zero-order valence-corrected chi connectivity index (χ0v) is 47.1. The van der Waals surface area contributed by atoms with Gasteiger partial charge in [0, 0.05) is 19.3 Å². The molecule has 1 atom stereocenters. The lowest BCUT2D eigenvalue weighted by Crippen LogP contribution is -2.30. The molecule has 0 saturated heterocycles. The first-order chi connectivity index (χ1) is 34.5. The highest BCUT2D eigenvalue weighted by atomic mass is 16.6. The molecule has 0 fully saturated rings. The lowest BCUT2D eigenvalue weighted by atomic mass is 10.0. The van der Waals surface area contributed by atoms with Crippen molar-refractivity contribution in [1.29, 1.82) is 0 Å². The zero-order chi connectivity index (χ0) is 50.7. The molecular weight excluding hydrogens is 865 g/mol. The van der Waals surface area contributed by atoms with Gasteiger partial charge in [-0.3, -0.25) is 14.4 Å². The molecule has 6 nitrogen and oxygen atoms in total. The Balaban J connectivity index is 3.83. The number of carbonyl (C=O) groups is 3. The quantitative estimate of drug-likeness (QED) is 0.0261. The van der Waals surface area contributed by atoms with Crippen LogP contribution in [0.1, 0.15) is 335 Å². The average molecular weight is 984 g/mol. The van der Waals surface area contributed by atoms with Crippen molar-refractivity contribution in [3.05, 3.63) is 36.5 Å². The van der Waals surface area contributed by atoms with Gasteiger partial charge in [0.2, 0.25) is 0 Å². The number of allylic oxidation sites excluding steroid dienone is 6. The Labute approximate surface area is 435 Å². The van der Waals surface area contributed by atoms with Crippen LogP contribution in [0.25, 0.3) is 0 Å². The maximum atomic E-state index is 12.7. The summed E-state index contributed by atoms with van der Waals surface area (Å²) in [6.45, 7) is 6.55. The number of ether oxygens (including phenoxy) is 3. The number of unbranched alkanes of at least 4 members (excludes halogenated alkanes) is 40. The second-order valence-electron chi connectivity index (χ2n) is 21.0. The van der Waals surface area contributed by atoms with Crippen LogP contribution in [0, 0.1) is 0 Å². The van der Waals surface area contributed by atoms with E-state index in [0.717, 1.165) is 83.5 Å². The molecule has 0 aromatic carbocycles. The molecule has 6 heteroatoms. The molecule has 70 heavy (non-hydrogen) atoms. The van der Waals surface area contributed by atoms with Gasteiger partial charge in [0.05, 0.1) is 0 Å². The molecule has 0 saturated carbocycles. The predicted octanol–water partition coefficient (Wildman–Crippen LogP) is 20.8. The predicted molar refractivity (Wildman–Crippen MR) is 302 cm³/mol. The normalized spacial score (nSPS) is 12.2. The fourth-order valence-electron chi connectivity index (χ4n) is 9.18. The van der Waals surface area contributed by atoms with E-state index >= 15 is 0 Å². The van der Waals surface area contributed by atoms with E-state index in [1.54, 1.807) is 0 Å². The van der Waals surface area contributed by atoms with E-state index in [-0.39, 0.29) is 31.1 Å². The van der Waals surface area contributed by atoms with Crippen LogP contribution < -0.4 is 0 Å². The van der Waals surface area contributed by atoms with E-state index in [4.69, 9.17) is 14.2 Å². The van der Waals surface area contributed by atoms with Crippen LogP contribution in [0.3, 0.4) is 0 Å². The van der Waals surface area contributed by atoms with Gasteiger partial charge in [-0.2, -0.15) is 0 Å². The fourth-order valence-corrected chi connectivity index (χ4v) is 9.18. The summed E-state index contributed by atoms with van der Waals surface area (Å²) in [6, 6.07) is 0. The summed E-state index contributed by atoms with van der Waals surface area (Å²) in [4.78, 5) is 37.8. The molecule has 0 aromatic heterocycles. The Kier molecular flexibility index (Phi) is 57.2. The summed E-state index contributed by atoms with van der Waals surface area (Å²) in [6.07, 6.45) is 72.1. The molecule has 0 spiro atoms. The third kappa shape index (κ3) is 56.5. The van der Waals surface area contributed by atoms with Crippen molar-refractivity contribution >= 4 is 17.9 Å². The molecule has 0 bridgehead atoms. The number of hydrogen-bond acceptors (Lipinski definition) is 6. The summed E-state index contributed by atoms with van der Waals surface area (Å²) in [5.74, 6) is -0.875. The third-order valence-electron chi connectivity index (χ3n) is 13.8. The molecule has 0 rings (SSSR count). The lowest BCUT2D eigenvalue weighted by Gasteiger charge is -2.18. The number of hydrogen-bond donors (Lipinski definition) is 0. The van der Waals surface area contributed by atoms with Gasteiger partial charge in [-0.05, 0) is 70.6 Å². The van der Waals surface area contributed by atoms with Crippen molar-refractivity contribution in [1.82, 2.24) is 0 Å². The van der Waals surface area contributed by atoms with Crippen molar-refractivity contribution in [3.63, 3.8) is 0 Å². The summed E-state index contributed by atoms with van der Waals surface area (Å²) >= 11 is 0. The van der Waals surface area contributed by atoms with Gasteiger partial charge in [0.25, 0.3) is 0 Å². The van der Waals surface area contributed by atoms with Crippen LogP contribution in [-0.4, -0.2) is 37.2 Å². The van der Waals surface area contributed by atoms with Crippen LogP contribution in [0.15, 0.2) is 36.5 Å². The first-order valence-electron chi connectivity index (χ1n) is 31.0. The third-order valence-corrected chi connectivity index (χ3v) is 13.8. The van der Waals surface area contributed by atoms with Crippen LogP contribution in [-0.2, 0) is 28.6 Å². The monoisotopic (exact) mass is 983 g/mol. The van der Waals surface area contributed by atoms with Gasteiger partial charge >= 0.3 is 17.9 Å². The van der Waals surface area contributed by atoms with Crippen LogP contribution >= 0.6 is 0 Å². The second-order valence-corrected chi connectivity index (χ2v) is 21.0.